The van der Waals surface area contributed by atoms with Gasteiger partial charge in [-0.1, -0.05) is 61.0 Å². The average Bonchev–Trinajstić information content (AvgIpc) is 3.14. The fraction of sp³-hybridized carbons (Fsp3) is 0.214. The van der Waals surface area contributed by atoms with Crippen molar-refractivity contribution in [2.24, 2.45) is 0 Å². The summed E-state index contributed by atoms with van der Waals surface area (Å²) in [6, 6.07) is 21.9. The van der Waals surface area contributed by atoms with E-state index in [1.807, 2.05) is 54.6 Å². The Morgan fingerprint density at radius 1 is 1.00 bits per heavy atom. The number of amides is 1. The lowest BCUT2D eigenvalue weighted by molar-refractivity contribution is 0.0730. The van der Waals surface area contributed by atoms with Gasteiger partial charge in [0.2, 0.25) is 5.76 Å². The van der Waals surface area contributed by atoms with Gasteiger partial charge in [0, 0.05) is 11.6 Å². The van der Waals surface area contributed by atoms with E-state index in [2.05, 4.69) is 6.92 Å². The van der Waals surface area contributed by atoms with Gasteiger partial charge in [0.05, 0.1) is 23.6 Å². The highest BCUT2D eigenvalue weighted by Crippen LogP contribution is 2.39. The highest BCUT2D eigenvalue weighted by Gasteiger charge is 2.42. The molecule has 34 heavy (non-hydrogen) atoms. The molecule has 1 aliphatic rings. The molecule has 5 rings (SSSR count). The van der Waals surface area contributed by atoms with Gasteiger partial charge in [0.15, 0.2) is 5.43 Å². The maximum Gasteiger partial charge on any atom is 0.290 e. The smallest absolute Gasteiger partial charge is 0.290 e. The third-order valence-corrected chi connectivity index (χ3v) is 6.32. The predicted molar refractivity (Wildman–Crippen MR) is 133 cm³/mol. The van der Waals surface area contributed by atoms with Gasteiger partial charge in [0.25, 0.3) is 5.91 Å². The topological polar surface area (TPSA) is 59.8 Å². The van der Waals surface area contributed by atoms with Crippen LogP contribution in [0.3, 0.4) is 0 Å². The maximum atomic E-state index is 13.6. The number of rotatable bonds is 7. The first kappa shape index (κ1) is 22.2. The quantitative estimate of drug-likeness (QED) is 0.329. The third-order valence-electron chi connectivity index (χ3n) is 6.08. The van der Waals surface area contributed by atoms with Crippen molar-refractivity contribution in [2.75, 3.05) is 13.2 Å². The van der Waals surface area contributed by atoms with Gasteiger partial charge < -0.3 is 14.1 Å². The zero-order valence-corrected chi connectivity index (χ0v) is 19.5. The van der Waals surface area contributed by atoms with Crippen LogP contribution in [0.4, 0.5) is 0 Å². The van der Waals surface area contributed by atoms with Crippen LogP contribution in [0.1, 0.15) is 46.6 Å². The van der Waals surface area contributed by atoms with Crippen molar-refractivity contribution in [1.29, 1.82) is 0 Å². The fourth-order valence-electron chi connectivity index (χ4n) is 4.43. The van der Waals surface area contributed by atoms with Gasteiger partial charge in [-0.15, -0.1) is 0 Å². The Hall–Kier alpha value is -3.57. The van der Waals surface area contributed by atoms with Crippen molar-refractivity contribution in [1.82, 2.24) is 4.90 Å². The van der Waals surface area contributed by atoms with Crippen LogP contribution >= 0.6 is 11.6 Å². The summed E-state index contributed by atoms with van der Waals surface area (Å²) in [5, 5.41) is 0.816. The van der Waals surface area contributed by atoms with E-state index < -0.39 is 6.04 Å². The van der Waals surface area contributed by atoms with Crippen LogP contribution in [0.15, 0.2) is 82.0 Å². The monoisotopic (exact) mass is 473 g/mol. The van der Waals surface area contributed by atoms with Crippen LogP contribution in [-0.4, -0.2) is 24.0 Å². The summed E-state index contributed by atoms with van der Waals surface area (Å²) >= 11 is 6.16. The molecule has 0 aliphatic carbocycles. The highest BCUT2D eigenvalue weighted by atomic mass is 35.5. The van der Waals surface area contributed by atoms with Gasteiger partial charge in [-0.3, -0.25) is 9.59 Å². The summed E-state index contributed by atoms with van der Waals surface area (Å²) in [5.74, 6) is 0.573. The van der Waals surface area contributed by atoms with E-state index in [9.17, 15) is 9.59 Å². The van der Waals surface area contributed by atoms with Crippen molar-refractivity contribution in [3.05, 3.63) is 110 Å². The first-order chi connectivity index (χ1) is 16.6. The molecule has 1 atom stereocenters. The standard InChI is InChI=1S/C28H24ClNO4/c1-2-16-33-21-11-8-19(9-12-21)25-24-26(31)22-17-20(29)10-13-23(22)34-27(24)28(32)30(25)15-14-18-6-4-3-5-7-18/h3-13,17,25H,2,14-16H2,1H3. The number of halogens is 1. The lowest BCUT2D eigenvalue weighted by Crippen LogP contribution is -2.31. The van der Waals surface area contributed by atoms with E-state index >= 15 is 0 Å². The molecule has 5 nitrogen and oxygen atoms in total. The van der Waals surface area contributed by atoms with Crippen LogP contribution in [0, 0.1) is 0 Å². The van der Waals surface area contributed by atoms with E-state index in [1.165, 1.54) is 0 Å². The Labute approximate surface area is 202 Å². The summed E-state index contributed by atoms with van der Waals surface area (Å²) in [6.07, 6.45) is 1.57. The molecule has 0 saturated carbocycles. The fourth-order valence-corrected chi connectivity index (χ4v) is 4.60. The summed E-state index contributed by atoms with van der Waals surface area (Å²) in [7, 11) is 0. The summed E-state index contributed by atoms with van der Waals surface area (Å²) in [6.45, 7) is 3.13. The second-order valence-corrected chi connectivity index (χ2v) is 8.81. The van der Waals surface area contributed by atoms with E-state index in [0.29, 0.717) is 41.1 Å². The molecule has 172 valence electrons. The molecule has 6 heteroatoms. The van der Waals surface area contributed by atoms with Crippen LogP contribution in [0.25, 0.3) is 11.0 Å². The van der Waals surface area contributed by atoms with Crippen LogP contribution < -0.4 is 10.2 Å². The maximum absolute atomic E-state index is 13.6. The molecule has 0 spiro atoms. The van der Waals surface area contributed by atoms with Gasteiger partial charge >= 0.3 is 0 Å². The second kappa shape index (κ2) is 9.35. The van der Waals surface area contributed by atoms with Crippen molar-refractivity contribution in [2.45, 2.75) is 25.8 Å². The first-order valence-corrected chi connectivity index (χ1v) is 11.8. The van der Waals surface area contributed by atoms with E-state index in [1.54, 1.807) is 23.1 Å². The van der Waals surface area contributed by atoms with Crippen LogP contribution in [0.2, 0.25) is 5.02 Å². The Bertz CT molecular complexity index is 1400. The third kappa shape index (κ3) is 4.08. The van der Waals surface area contributed by atoms with Gasteiger partial charge in [-0.05, 0) is 54.3 Å². The van der Waals surface area contributed by atoms with Crippen molar-refractivity contribution in [3.8, 4) is 5.75 Å². The highest BCUT2D eigenvalue weighted by molar-refractivity contribution is 6.31. The largest absolute Gasteiger partial charge is 0.494 e. The summed E-state index contributed by atoms with van der Waals surface area (Å²) in [4.78, 5) is 28.9. The average molecular weight is 474 g/mol. The summed E-state index contributed by atoms with van der Waals surface area (Å²) < 4.78 is 11.7. The lowest BCUT2D eigenvalue weighted by atomic mass is 9.98. The molecular weight excluding hydrogens is 450 g/mol. The SMILES string of the molecule is CCCOc1ccc(C2c3c(oc4ccc(Cl)cc4c3=O)C(=O)N2CCc2ccccc2)cc1. The van der Waals surface area contributed by atoms with E-state index in [4.69, 9.17) is 20.8 Å². The number of hydrogen-bond acceptors (Lipinski definition) is 4. The second-order valence-electron chi connectivity index (χ2n) is 8.37. The minimum absolute atomic E-state index is 0.101. The molecule has 0 N–H and O–H groups in total. The number of hydrogen-bond donors (Lipinski definition) is 0. The number of fused-ring (bicyclic) bond motifs is 2. The molecule has 0 radical (unpaired) electrons. The Kier molecular flexibility index (Phi) is 6.12. The first-order valence-electron chi connectivity index (χ1n) is 11.4. The van der Waals surface area contributed by atoms with Crippen LogP contribution in [0.5, 0.6) is 5.75 Å². The van der Waals surface area contributed by atoms with Crippen molar-refractivity contribution in [3.63, 3.8) is 0 Å². The van der Waals surface area contributed by atoms with Crippen molar-refractivity contribution < 1.29 is 13.9 Å². The number of nitrogens with zero attached hydrogens (tertiary/aromatic N) is 1. The minimum Gasteiger partial charge on any atom is -0.494 e. The zero-order chi connectivity index (χ0) is 23.7. The summed E-state index contributed by atoms with van der Waals surface area (Å²) in [5.41, 5.74) is 2.43. The van der Waals surface area contributed by atoms with E-state index in [-0.39, 0.29) is 17.1 Å². The molecule has 0 fully saturated rings. The van der Waals surface area contributed by atoms with Gasteiger partial charge in [-0.2, -0.15) is 0 Å². The molecular formula is C28H24ClNO4. The molecule has 0 saturated heterocycles. The number of benzene rings is 3. The van der Waals surface area contributed by atoms with Gasteiger partial charge in [0.1, 0.15) is 11.3 Å². The van der Waals surface area contributed by atoms with Gasteiger partial charge in [-0.25, -0.2) is 0 Å². The molecule has 0 bridgehead atoms. The zero-order valence-electron chi connectivity index (χ0n) is 18.8. The molecule has 1 amide bonds. The predicted octanol–water partition coefficient (Wildman–Crippen LogP) is 6.02. The molecule has 3 aromatic carbocycles. The Balaban J connectivity index is 1.60. The van der Waals surface area contributed by atoms with E-state index in [0.717, 1.165) is 23.3 Å². The lowest BCUT2D eigenvalue weighted by Gasteiger charge is -2.25. The molecule has 2 heterocycles. The number of carbonyl (C=O) groups excluding carboxylic acids is 1. The molecule has 1 aliphatic heterocycles. The Morgan fingerprint density at radius 3 is 2.50 bits per heavy atom. The van der Waals surface area contributed by atoms with Crippen LogP contribution in [-0.2, 0) is 6.42 Å². The molecule has 1 aromatic heterocycles. The molecule has 4 aromatic rings. The number of ether oxygens (including phenoxy) is 1. The number of carbonyl (C=O) groups is 1. The van der Waals surface area contributed by atoms with Crippen molar-refractivity contribution >= 4 is 28.5 Å². The minimum atomic E-state index is -0.550. The normalized spacial score (nSPS) is 15.1. The molecule has 1 unspecified atom stereocenters. The Morgan fingerprint density at radius 2 is 1.76 bits per heavy atom.